The molecular weight excluding hydrogens is 240 g/mol. The summed E-state index contributed by atoms with van der Waals surface area (Å²) in [6.07, 6.45) is 5.94. The van der Waals surface area contributed by atoms with E-state index in [0.717, 1.165) is 25.7 Å². The van der Waals surface area contributed by atoms with Gasteiger partial charge in [-0.1, -0.05) is 26.7 Å². The molecule has 0 aromatic carbocycles. The number of esters is 1. The first-order valence-corrected chi connectivity index (χ1v) is 6.81. The van der Waals surface area contributed by atoms with Gasteiger partial charge in [-0.25, -0.2) is 0 Å². The van der Waals surface area contributed by atoms with Gasteiger partial charge in [0.2, 0.25) is 0 Å². The number of hydrogen-bond donors (Lipinski definition) is 0. The maximum absolute atomic E-state index is 11.3. The van der Waals surface area contributed by atoms with Gasteiger partial charge >= 0.3 is 5.97 Å². The van der Waals surface area contributed by atoms with E-state index in [1.807, 2.05) is 0 Å². The standard InChI is InChI=1S/C13H23ClO3/c1-3-5-9-16-12(11-14)7-8-13(15)17-10-6-4-2/h7H,3-6,8-11H2,1-2H3. The quantitative estimate of drug-likeness (QED) is 0.261. The fourth-order valence-corrected chi connectivity index (χ4v) is 1.27. The fourth-order valence-electron chi connectivity index (χ4n) is 1.09. The molecule has 0 amide bonds. The van der Waals surface area contributed by atoms with Crippen LogP contribution in [0, 0.1) is 0 Å². The Morgan fingerprint density at radius 2 is 1.71 bits per heavy atom. The molecule has 0 aliphatic heterocycles. The Bertz CT molecular complexity index is 227. The molecular formula is C13H23ClO3. The van der Waals surface area contributed by atoms with E-state index in [9.17, 15) is 4.79 Å². The van der Waals surface area contributed by atoms with E-state index in [2.05, 4.69) is 13.8 Å². The van der Waals surface area contributed by atoms with Crippen LogP contribution in [-0.4, -0.2) is 25.1 Å². The van der Waals surface area contributed by atoms with Gasteiger partial charge < -0.3 is 9.47 Å². The van der Waals surface area contributed by atoms with Crippen LogP contribution in [0.3, 0.4) is 0 Å². The number of unbranched alkanes of at least 4 members (excludes halogenated alkanes) is 2. The number of allylic oxidation sites excluding steroid dienone is 1. The lowest BCUT2D eigenvalue weighted by molar-refractivity contribution is -0.142. The molecule has 0 unspecified atom stereocenters. The lowest BCUT2D eigenvalue weighted by atomic mass is 10.3. The van der Waals surface area contributed by atoms with Crippen LogP contribution in [-0.2, 0) is 14.3 Å². The third kappa shape index (κ3) is 10.2. The zero-order valence-electron chi connectivity index (χ0n) is 10.8. The third-order valence-corrected chi connectivity index (χ3v) is 2.44. The maximum atomic E-state index is 11.3. The predicted octanol–water partition coefficient (Wildman–Crippen LogP) is 3.66. The molecule has 3 nitrogen and oxygen atoms in total. The van der Waals surface area contributed by atoms with E-state index >= 15 is 0 Å². The van der Waals surface area contributed by atoms with Gasteiger partial charge in [0.15, 0.2) is 0 Å². The van der Waals surface area contributed by atoms with E-state index in [1.165, 1.54) is 0 Å². The van der Waals surface area contributed by atoms with Crippen molar-refractivity contribution in [3.8, 4) is 0 Å². The number of ether oxygens (including phenoxy) is 2. The van der Waals surface area contributed by atoms with Crippen molar-refractivity contribution in [2.45, 2.75) is 46.0 Å². The van der Waals surface area contributed by atoms with E-state index in [1.54, 1.807) is 6.08 Å². The van der Waals surface area contributed by atoms with Crippen molar-refractivity contribution in [1.82, 2.24) is 0 Å². The van der Waals surface area contributed by atoms with Gasteiger partial charge in [-0.15, -0.1) is 11.6 Å². The van der Waals surface area contributed by atoms with Crippen molar-refractivity contribution in [1.29, 1.82) is 0 Å². The first kappa shape index (κ1) is 16.3. The van der Waals surface area contributed by atoms with Crippen molar-refractivity contribution < 1.29 is 14.3 Å². The summed E-state index contributed by atoms with van der Waals surface area (Å²) in [6, 6.07) is 0. The van der Waals surface area contributed by atoms with Gasteiger partial charge in [0.05, 0.1) is 25.5 Å². The summed E-state index contributed by atoms with van der Waals surface area (Å²) in [5.41, 5.74) is 0. The molecule has 0 fully saturated rings. The van der Waals surface area contributed by atoms with E-state index in [-0.39, 0.29) is 12.4 Å². The summed E-state index contributed by atoms with van der Waals surface area (Å²) in [4.78, 5) is 11.3. The molecule has 0 radical (unpaired) electrons. The molecule has 17 heavy (non-hydrogen) atoms. The first-order chi connectivity index (χ1) is 8.24. The molecule has 0 saturated heterocycles. The highest BCUT2D eigenvalue weighted by Crippen LogP contribution is 2.05. The zero-order valence-corrected chi connectivity index (χ0v) is 11.6. The monoisotopic (exact) mass is 262 g/mol. The Kier molecular flexibility index (Phi) is 11.3. The summed E-state index contributed by atoms with van der Waals surface area (Å²) in [7, 11) is 0. The van der Waals surface area contributed by atoms with Crippen LogP contribution in [0.5, 0.6) is 0 Å². The van der Waals surface area contributed by atoms with Crippen molar-refractivity contribution in [2.75, 3.05) is 19.1 Å². The largest absolute Gasteiger partial charge is 0.497 e. The second kappa shape index (κ2) is 11.8. The highest BCUT2D eigenvalue weighted by molar-refractivity contribution is 6.19. The number of hydrogen-bond acceptors (Lipinski definition) is 3. The Morgan fingerprint density at radius 1 is 1.12 bits per heavy atom. The molecule has 4 heteroatoms. The summed E-state index contributed by atoms with van der Waals surface area (Å²) in [6.45, 7) is 5.30. The fraction of sp³-hybridized carbons (Fsp3) is 0.769. The highest BCUT2D eigenvalue weighted by Gasteiger charge is 2.02. The van der Waals surface area contributed by atoms with Gasteiger partial charge in [-0.3, -0.25) is 4.79 Å². The Morgan fingerprint density at radius 3 is 2.24 bits per heavy atom. The van der Waals surface area contributed by atoms with E-state index in [4.69, 9.17) is 21.1 Å². The summed E-state index contributed by atoms with van der Waals surface area (Å²) >= 11 is 5.71. The van der Waals surface area contributed by atoms with Crippen LogP contribution < -0.4 is 0 Å². The molecule has 0 N–H and O–H groups in total. The highest BCUT2D eigenvalue weighted by atomic mass is 35.5. The predicted molar refractivity (Wildman–Crippen MR) is 70.1 cm³/mol. The topological polar surface area (TPSA) is 35.5 Å². The smallest absolute Gasteiger partial charge is 0.309 e. The molecule has 0 aliphatic carbocycles. The SMILES string of the molecule is CCCCOC(=O)CC=C(CCl)OCCCC. The van der Waals surface area contributed by atoms with Gasteiger partial charge in [0.25, 0.3) is 0 Å². The van der Waals surface area contributed by atoms with Gasteiger partial charge in [0, 0.05) is 0 Å². The van der Waals surface area contributed by atoms with Gasteiger partial charge in [-0.05, 0) is 18.9 Å². The van der Waals surface area contributed by atoms with Crippen molar-refractivity contribution >= 4 is 17.6 Å². The number of rotatable bonds is 10. The normalized spacial score (nSPS) is 11.4. The van der Waals surface area contributed by atoms with E-state index in [0.29, 0.717) is 24.9 Å². The van der Waals surface area contributed by atoms with Crippen LogP contribution in [0.25, 0.3) is 0 Å². The molecule has 100 valence electrons. The van der Waals surface area contributed by atoms with Crippen LogP contribution in [0.2, 0.25) is 0 Å². The molecule has 0 bridgehead atoms. The molecule has 0 aromatic heterocycles. The molecule has 0 aliphatic rings. The minimum Gasteiger partial charge on any atom is -0.497 e. The Labute approximate surface area is 109 Å². The molecule has 0 heterocycles. The average molecular weight is 263 g/mol. The lowest BCUT2D eigenvalue weighted by Gasteiger charge is -2.07. The lowest BCUT2D eigenvalue weighted by Crippen LogP contribution is -2.05. The molecule has 0 rings (SSSR count). The second-order valence-electron chi connectivity index (χ2n) is 3.78. The number of carbonyl (C=O) groups is 1. The second-order valence-corrected chi connectivity index (χ2v) is 4.05. The zero-order chi connectivity index (χ0) is 12.9. The van der Waals surface area contributed by atoms with Crippen LogP contribution in [0.15, 0.2) is 11.8 Å². The van der Waals surface area contributed by atoms with Gasteiger partial charge in [-0.2, -0.15) is 0 Å². The van der Waals surface area contributed by atoms with Crippen molar-refractivity contribution in [2.24, 2.45) is 0 Å². The van der Waals surface area contributed by atoms with E-state index < -0.39 is 0 Å². The summed E-state index contributed by atoms with van der Waals surface area (Å²) in [5.74, 6) is 0.735. The number of halogens is 1. The summed E-state index contributed by atoms with van der Waals surface area (Å²) < 4.78 is 10.4. The third-order valence-electron chi connectivity index (χ3n) is 2.17. The Balaban J connectivity index is 3.79. The van der Waals surface area contributed by atoms with Crippen LogP contribution >= 0.6 is 11.6 Å². The average Bonchev–Trinajstić information content (AvgIpc) is 2.34. The number of alkyl halides is 1. The summed E-state index contributed by atoms with van der Waals surface area (Å²) in [5, 5.41) is 0. The minimum atomic E-state index is -0.222. The Hall–Kier alpha value is -0.700. The van der Waals surface area contributed by atoms with Crippen molar-refractivity contribution in [3.05, 3.63) is 11.8 Å². The van der Waals surface area contributed by atoms with Gasteiger partial charge in [0.1, 0.15) is 5.76 Å². The molecule has 0 saturated carbocycles. The molecule has 0 spiro atoms. The molecule has 0 atom stereocenters. The van der Waals surface area contributed by atoms with Crippen molar-refractivity contribution in [3.63, 3.8) is 0 Å². The van der Waals surface area contributed by atoms with Crippen LogP contribution in [0.4, 0.5) is 0 Å². The molecule has 0 aromatic rings. The number of carbonyl (C=O) groups excluding carboxylic acids is 1. The minimum absolute atomic E-state index is 0.222. The van der Waals surface area contributed by atoms with Crippen LogP contribution in [0.1, 0.15) is 46.0 Å². The maximum Gasteiger partial charge on any atom is 0.309 e. The first-order valence-electron chi connectivity index (χ1n) is 6.28.